The SMILES string of the molecule is CC(C)(Br)C(=O)CCCCCCCCCOC(=O)c1ccc(CBr)c([N+](=O)[O-])c1. The zero-order valence-electron chi connectivity index (χ0n) is 17.0. The van der Waals surface area contributed by atoms with E-state index in [-0.39, 0.29) is 17.0 Å². The van der Waals surface area contributed by atoms with Gasteiger partial charge in [-0.2, -0.15) is 0 Å². The molecule has 0 saturated heterocycles. The Balaban J connectivity index is 2.16. The molecule has 0 aliphatic carbocycles. The summed E-state index contributed by atoms with van der Waals surface area (Å²) in [6, 6.07) is 4.38. The van der Waals surface area contributed by atoms with Crippen molar-refractivity contribution in [1.82, 2.24) is 0 Å². The molecule has 0 heterocycles. The molecule has 0 radical (unpaired) electrons. The molecule has 6 nitrogen and oxygen atoms in total. The zero-order valence-corrected chi connectivity index (χ0v) is 20.2. The van der Waals surface area contributed by atoms with E-state index < -0.39 is 15.2 Å². The average molecular weight is 535 g/mol. The molecule has 0 N–H and O–H groups in total. The van der Waals surface area contributed by atoms with Crippen LogP contribution in [0.25, 0.3) is 0 Å². The first kappa shape index (κ1) is 25.8. The number of carbonyl (C=O) groups is 2. The normalized spacial score (nSPS) is 11.3. The van der Waals surface area contributed by atoms with Gasteiger partial charge in [-0.15, -0.1) is 0 Å². The number of hydrogen-bond donors (Lipinski definition) is 0. The number of nitrogens with zero attached hydrogens (tertiary/aromatic N) is 1. The number of nitro groups is 1. The number of alkyl halides is 2. The van der Waals surface area contributed by atoms with E-state index in [1.54, 1.807) is 12.1 Å². The van der Waals surface area contributed by atoms with Crippen LogP contribution in [0.1, 0.15) is 81.1 Å². The first-order valence-corrected chi connectivity index (χ1v) is 11.8. The summed E-state index contributed by atoms with van der Waals surface area (Å²) < 4.78 is 4.80. The van der Waals surface area contributed by atoms with Crippen molar-refractivity contribution >= 4 is 49.3 Å². The molecule has 0 spiro atoms. The number of nitro benzene ring substituents is 1. The molecular formula is C21H29Br2NO5. The Morgan fingerprint density at radius 1 is 1.07 bits per heavy atom. The number of ether oxygens (including phenoxy) is 1. The molecule has 0 aliphatic rings. The molecule has 8 heteroatoms. The lowest BCUT2D eigenvalue weighted by Gasteiger charge is -2.13. The first-order chi connectivity index (χ1) is 13.7. The third-order valence-electron chi connectivity index (χ3n) is 4.61. The number of esters is 1. The lowest BCUT2D eigenvalue weighted by molar-refractivity contribution is -0.385. The van der Waals surface area contributed by atoms with Crippen molar-refractivity contribution < 1.29 is 19.2 Å². The summed E-state index contributed by atoms with van der Waals surface area (Å²) in [5.74, 6) is -0.292. The maximum Gasteiger partial charge on any atom is 0.338 e. The van der Waals surface area contributed by atoms with Gasteiger partial charge in [-0.3, -0.25) is 14.9 Å². The van der Waals surface area contributed by atoms with Crippen LogP contribution >= 0.6 is 31.9 Å². The number of rotatable bonds is 14. The van der Waals surface area contributed by atoms with Gasteiger partial charge in [0.05, 0.1) is 21.4 Å². The van der Waals surface area contributed by atoms with Gasteiger partial charge in [0, 0.05) is 23.4 Å². The van der Waals surface area contributed by atoms with Crippen molar-refractivity contribution in [2.75, 3.05) is 6.61 Å². The average Bonchev–Trinajstić information content (AvgIpc) is 2.67. The van der Waals surface area contributed by atoms with Crippen molar-refractivity contribution in [2.45, 2.75) is 74.9 Å². The molecule has 0 unspecified atom stereocenters. The van der Waals surface area contributed by atoms with E-state index in [2.05, 4.69) is 31.9 Å². The van der Waals surface area contributed by atoms with Gasteiger partial charge in [-0.1, -0.05) is 70.0 Å². The number of ketones is 1. The Morgan fingerprint density at radius 2 is 1.66 bits per heavy atom. The van der Waals surface area contributed by atoms with E-state index in [1.807, 2.05) is 13.8 Å². The standard InChI is InChI=1S/C21H29Br2NO5/c1-21(2,23)19(25)10-8-6-4-3-5-7-9-13-29-20(26)16-11-12-17(15-22)18(14-16)24(27)28/h11-12,14H,3-10,13,15H2,1-2H3. The van der Waals surface area contributed by atoms with E-state index in [4.69, 9.17) is 4.74 Å². The number of unbranched alkanes of at least 4 members (excludes halogenated alkanes) is 6. The smallest absolute Gasteiger partial charge is 0.338 e. The van der Waals surface area contributed by atoms with E-state index in [0.29, 0.717) is 23.9 Å². The number of carbonyl (C=O) groups excluding carboxylic acids is 2. The van der Waals surface area contributed by atoms with Crippen molar-refractivity contribution in [3.05, 3.63) is 39.4 Å². The van der Waals surface area contributed by atoms with Crippen LogP contribution in [-0.2, 0) is 14.9 Å². The van der Waals surface area contributed by atoms with Crippen LogP contribution in [0.3, 0.4) is 0 Å². The number of Topliss-reactive ketones (excluding diaryl/α,β-unsaturated/α-hetero) is 1. The maximum absolute atomic E-state index is 12.1. The fourth-order valence-corrected chi connectivity index (χ4v) is 3.46. The molecule has 0 amide bonds. The van der Waals surface area contributed by atoms with Crippen LogP contribution in [0.15, 0.2) is 18.2 Å². The van der Waals surface area contributed by atoms with Gasteiger partial charge in [0.2, 0.25) is 0 Å². The van der Waals surface area contributed by atoms with Crippen LogP contribution in [0.5, 0.6) is 0 Å². The minimum Gasteiger partial charge on any atom is -0.462 e. The Labute approximate surface area is 189 Å². The third kappa shape index (κ3) is 9.85. The van der Waals surface area contributed by atoms with Crippen LogP contribution in [0.4, 0.5) is 5.69 Å². The van der Waals surface area contributed by atoms with Crippen LogP contribution < -0.4 is 0 Å². The molecule has 1 aromatic rings. The second-order valence-corrected chi connectivity index (χ2v) is 10.0. The third-order valence-corrected chi connectivity index (χ3v) is 5.65. The Kier molecular flexibility index (Phi) is 11.6. The summed E-state index contributed by atoms with van der Waals surface area (Å²) in [6.45, 7) is 4.06. The second kappa shape index (κ2) is 13.1. The summed E-state index contributed by atoms with van der Waals surface area (Å²) in [4.78, 5) is 34.4. The highest BCUT2D eigenvalue weighted by Crippen LogP contribution is 2.23. The van der Waals surface area contributed by atoms with Gasteiger partial charge in [0.15, 0.2) is 0 Å². The van der Waals surface area contributed by atoms with Gasteiger partial charge in [-0.05, 0) is 32.8 Å². The van der Waals surface area contributed by atoms with Crippen LogP contribution in [0.2, 0.25) is 0 Å². The fraction of sp³-hybridized carbons (Fsp3) is 0.619. The molecule has 0 atom stereocenters. The van der Waals surface area contributed by atoms with Gasteiger partial charge in [0.25, 0.3) is 5.69 Å². The minimum atomic E-state index is -0.534. The number of halogens is 2. The second-order valence-electron chi connectivity index (χ2n) is 7.49. The quantitative estimate of drug-likeness (QED) is 0.0892. The van der Waals surface area contributed by atoms with E-state index in [9.17, 15) is 19.7 Å². The molecular weight excluding hydrogens is 506 g/mol. The van der Waals surface area contributed by atoms with Crippen LogP contribution in [0, 0.1) is 10.1 Å². The molecule has 0 bridgehead atoms. The first-order valence-electron chi connectivity index (χ1n) is 9.89. The van der Waals surface area contributed by atoms with Gasteiger partial charge >= 0.3 is 5.97 Å². The fourth-order valence-electron chi connectivity index (χ4n) is 2.79. The molecule has 162 valence electrons. The molecule has 0 aliphatic heterocycles. The molecule has 1 aromatic carbocycles. The molecule has 29 heavy (non-hydrogen) atoms. The van der Waals surface area contributed by atoms with E-state index in [1.165, 1.54) is 6.07 Å². The van der Waals surface area contributed by atoms with Gasteiger partial charge in [-0.25, -0.2) is 4.79 Å². The predicted octanol–water partition coefficient (Wildman–Crippen LogP) is 6.51. The van der Waals surface area contributed by atoms with E-state index >= 15 is 0 Å². The Bertz CT molecular complexity index is 701. The largest absolute Gasteiger partial charge is 0.462 e. The summed E-state index contributed by atoms with van der Waals surface area (Å²) in [5, 5.41) is 11.4. The topological polar surface area (TPSA) is 86.5 Å². The minimum absolute atomic E-state index is 0.0854. The van der Waals surface area contributed by atoms with Crippen molar-refractivity contribution in [2.24, 2.45) is 0 Å². The highest BCUT2D eigenvalue weighted by Gasteiger charge is 2.22. The number of benzene rings is 1. The lowest BCUT2D eigenvalue weighted by atomic mass is 10.0. The van der Waals surface area contributed by atoms with Crippen LogP contribution in [-0.4, -0.2) is 27.6 Å². The highest BCUT2D eigenvalue weighted by atomic mass is 79.9. The van der Waals surface area contributed by atoms with Crippen molar-refractivity contribution in [3.8, 4) is 0 Å². The van der Waals surface area contributed by atoms with Crippen molar-refractivity contribution in [1.29, 1.82) is 0 Å². The molecule has 0 fully saturated rings. The Morgan fingerprint density at radius 3 is 2.21 bits per heavy atom. The summed E-state index contributed by atoms with van der Waals surface area (Å²) in [5.41, 5.74) is 0.632. The molecule has 0 aromatic heterocycles. The lowest BCUT2D eigenvalue weighted by Crippen LogP contribution is -2.23. The molecule has 1 rings (SSSR count). The maximum atomic E-state index is 12.1. The van der Waals surface area contributed by atoms with E-state index in [0.717, 1.165) is 44.9 Å². The Hall–Kier alpha value is -1.28. The van der Waals surface area contributed by atoms with Gasteiger partial charge < -0.3 is 4.74 Å². The highest BCUT2D eigenvalue weighted by molar-refractivity contribution is 9.10. The van der Waals surface area contributed by atoms with Crippen molar-refractivity contribution in [3.63, 3.8) is 0 Å². The number of hydrogen-bond acceptors (Lipinski definition) is 5. The summed E-state index contributed by atoms with van der Waals surface area (Å²) >= 11 is 6.59. The van der Waals surface area contributed by atoms with Gasteiger partial charge in [0.1, 0.15) is 5.78 Å². The summed E-state index contributed by atoms with van der Waals surface area (Å²) in [7, 11) is 0. The monoisotopic (exact) mass is 533 g/mol. The molecule has 0 saturated carbocycles. The zero-order chi connectivity index (χ0) is 21.9. The predicted molar refractivity (Wildman–Crippen MR) is 121 cm³/mol. The summed E-state index contributed by atoms with van der Waals surface area (Å²) in [6.07, 6.45) is 7.56.